The molecule has 2 heterocycles. The molecule has 0 N–H and O–H groups in total. The van der Waals surface area contributed by atoms with Crippen molar-refractivity contribution < 1.29 is 14.5 Å². The quantitative estimate of drug-likeness (QED) is 0.594. The van der Waals surface area contributed by atoms with Crippen molar-refractivity contribution in [3.63, 3.8) is 0 Å². The predicted octanol–water partition coefficient (Wildman–Crippen LogP) is 1.34. The lowest BCUT2D eigenvalue weighted by atomic mass is 9.46. The van der Waals surface area contributed by atoms with Gasteiger partial charge in [-0.05, 0) is 55.3 Å². The van der Waals surface area contributed by atoms with E-state index in [0.29, 0.717) is 38.1 Å². The van der Waals surface area contributed by atoms with E-state index >= 15 is 0 Å². The normalized spacial score (nSPS) is 38.5. The molecule has 2 atom stereocenters. The number of morpholine rings is 1. The summed E-state index contributed by atoms with van der Waals surface area (Å²) in [5.41, 5.74) is -0.643. The van der Waals surface area contributed by atoms with Crippen LogP contribution in [0.4, 0.5) is 5.95 Å². The van der Waals surface area contributed by atoms with Crippen molar-refractivity contribution in [3.05, 3.63) is 16.4 Å². The summed E-state index contributed by atoms with van der Waals surface area (Å²) in [5, 5.41) is 15.2. The number of carbonyl (C=O) groups excluding carboxylic acids is 1. The van der Waals surface area contributed by atoms with Gasteiger partial charge in [0, 0.05) is 18.2 Å². The Balaban J connectivity index is 1.49. The van der Waals surface area contributed by atoms with E-state index in [9.17, 15) is 14.9 Å². The lowest BCUT2D eigenvalue weighted by Crippen LogP contribution is -2.62. The Kier molecular flexibility index (Phi) is 3.41. The van der Waals surface area contributed by atoms with Crippen molar-refractivity contribution in [2.45, 2.75) is 44.1 Å². The maximum absolute atomic E-state index is 13.5. The maximum Gasteiger partial charge on any atom is 0.490 e. The summed E-state index contributed by atoms with van der Waals surface area (Å²) < 4.78 is 7.12. The smallest absolute Gasteiger partial charge is 0.390 e. The van der Waals surface area contributed by atoms with E-state index in [1.54, 1.807) is 4.68 Å². The molecule has 9 nitrogen and oxygen atoms in total. The standard InChI is InChI=1S/C17H23N5O4/c23-14(20-1-3-26-4-2-20)16-6-12-5-13(7-16)9-17(8-12,10-16)21-11-18-15(19-21)22(24)25/h11-13H,1-10H2. The summed E-state index contributed by atoms with van der Waals surface area (Å²) in [6.07, 6.45) is 7.17. The van der Waals surface area contributed by atoms with Crippen molar-refractivity contribution in [3.8, 4) is 0 Å². The van der Waals surface area contributed by atoms with Gasteiger partial charge in [-0.1, -0.05) is 4.98 Å². The number of rotatable bonds is 3. The number of nitro groups is 1. The van der Waals surface area contributed by atoms with E-state index in [4.69, 9.17) is 4.74 Å². The average Bonchev–Trinajstić information content (AvgIpc) is 3.12. The van der Waals surface area contributed by atoms with Crippen LogP contribution in [-0.2, 0) is 15.1 Å². The highest BCUT2D eigenvalue weighted by molar-refractivity contribution is 5.83. The van der Waals surface area contributed by atoms with E-state index < -0.39 is 4.92 Å². The van der Waals surface area contributed by atoms with Gasteiger partial charge in [0.1, 0.15) is 0 Å². The van der Waals surface area contributed by atoms with Crippen LogP contribution in [0.5, 0.6) is 0 Å². The Hall–Kier alpha value is -2.03. The molecule has 6 rings (SSSR count). The van der Waals surface area contributed by atoms with Crippen LogP contribution >= 0.6 is 0 Å². The molecule has 26 heavy (non-hydrogen) atoms. The summed E-state index contributed by atoms with van der Waals surface area (Å²) in [4.78, 5) is 29.8. The van der Waals surface area contributed by atoms with E-state index in [1.165, 1.54) is 6.33 Å². The monoisotopic (exact) mass is 361 g/mol. The second-order valence-corrected chi connectivity index (χ2v) is 8.62. The van der Waals surface area contributed by atoms with Crippen LogP contribution in [0.25, 0.3) is 0 Å². The topological polar surface area (TPSA) is 103 Å². The number of hydrogen-bond acceptors (Lipinski definition) is 6. The van der Waals surface area contributed by atoms with Crippen molar-refractivity contribution in [2.24, 2.45) is 17.3 Å². The fourth-order valence-corrected chi connectivity index (χ4v) is 6.40. The first-order valence-electron chi connectivity index (χ1n) is 9.43. The minimum absolute atomic E-state index is 0.258. The molecule has 2 unspecified atom stereocenters. The molecule has 1 aromatic rings. The Morgan fingerprint density at radius 3 is 2.54 bits per heavy atom. The first-order chi connectivity index (χ1) is 12.5. The third kappa shape index (κ3) is 2.29. The van der Waals surface area contributed by atoms with Crippen LogP contribution in [0.1, 0.15) is 38.5 Å². The van der Waals surface area contributed by atoms with Gasteiger partial charge < -0.3 is 19.8 Å². The molecule has 1 aliphatic heterocycles. The van der Waals surface area contributed by atoms with Crippen LogP contribution in [0, 0.1) is 27.4 Å². The minimum atomic E-state index is -0.550. The number of ether oxygens (including phenoxy) is 1. The van der Waals surface area contributed by atoms with E-state index in [1.807, 2.05) is 4.90 Å². The molecule has 4 aliphatic carbocycles. The van der Waals surface area contributed by atoms with Crippen LogP contribution in [0.15, 0.2) is 6.33 Å². The van der Waals surface area contributed by atoms with Crippen molar-refractivity contribution >= 4 is 11.9 Å². The third-order valence-electron chi connectivity index (χ3n) is 6.91. The molecule has 140 valence electrons. The largest absolute Gasteiger partial charge is 0.490 e. The van der Waals surface area contributed by atoms with Crippen LogP contribution < -0.4 is 0 Å². The molecule has 1 amide bonds. The third-order valence-corrected chi connectivity index (χ3v) is 6.91. The van der Waals surface area contributed by atoms with Crippen LogP contribution in [-0.4, -0.2) is 56.8 Å². The highest BCUT2D eigenvalue weighted by Crippen LogP contribution is 2.64. The first-order valence-corrected chi connectivity index (χ1v) is 9.43. The summed E-state index contributed by atoms with van der Waals surface area (Å²) in [6.45, 7) is 2.54. The second kappa shape index (κ2) is 5.48. The molecular weight excluding hydrogens is 338 g/mol. The summed E-state index contributed by atoms with van der Waals surface area (Å²) in [5.74, 6) is 0.886. The molecule has 0 radical (unpaired) electrons. The Morgan fingerprint density at radius 1 is 1.23 bits per heavy atom. The summed E-state index contributed by atoms with van der Waals surface area (Å²) in [7, 11) is 0. The van der Waals surface area contributed by atoms with Gasteiger partial charge in [-0.2, -0.15) is 4.68 Å². The number of aromatic nitrogens is 3. The fraction of sp³-hybridized carbons (Fsp3) is 0.824. The minimum Gasteiger partial charge on any atom is -0.390 e. The Labute approximate surface area is 150 Å². The highest BCUT2D eigenvalue weighted by atomic mass is 16.6. The molecule has 1 aromatic heterocycles. The van der Waals surface area contributed by atoms with Gasteiger partial charge in [-0.25, -0.2) is 0 Å². The number of carbonyl (C=O) groups is 1. The zero-order chi connectivity index (χ0) is 17.9. The van der Waals surface area contributed by atoms with E-state index in [0.717, 1.165) is 38.5 Å². The van der Waals surface area contributed by atoms with E-state index in [2.05, 4.69) is 10.1 Å². The van der Waals surface area contributed by atoms with Gasteiger partial charge >= 0.3 is 5.95 Å². The van der Waals surface area contributed by atoms with Gasteiger partial charge in [-0.15, -0.1) is 0 Å². The molecule has 4 saturated carbocycles. The summed E-state index contributed by atoms with van der Waals surface area (Å²) >= 11 is 0. The second-order valence-electron chi connectivity index (χ2n) is 8.62. The zero-order valence-corrected chi connectivity index (χ0v) is 14.7. The van der Waals surface area contributed by atoms with E-state index in [-0.39, 0.29) is 22.8 Å². The van der Waals surface area contributed by atoms with Gasteiger partial charge in [0.05, 0.1) is 24.2 Å². The highest BCUT2D eigenvalue weighted by Gasteiger charge is 2.63. The molecule has 0 aromatic carbocycles. The Morgan fingerprint density at radius 2 is 1.92 bits per heavy atom. The molecule has 0 spiro atoms. The predicted molar refractivity (Wildman–Crippen MR) is 89.2 cm³/mol. The molecule has 4 bridgehead atoms. The molecule has 5 fully saturated rings. The fourth-order valence-electron chi connectivity index (χ4n) is 6.40. The lowest BCUT2D eigenvalue weighted by molar-refractivity contribution is -0.394. The number of amides is 1. The lowest BCUT2D eigenvalue weighted by Gasteiger charge is -2.60. The molecule has 5 aliphatic rings. The first kappa shape index (κ1) is 16.2. The zero-order valence-electron chi connectivity index (χ0n) is 14.7. The SMILES string of the molecule is O=C(N1CCOCC1)C12CC3CC(C1)CC(n1cnc([N+](=O)[O-])n1)(C3)C2. The van der Waals surface area contributed by atoms with Crippen molar-refractivity contribution in [1.29, 1.82) is 0 Å². The van der Waals surface area contributed by atoms with Crippen molar-refractivity contribution in [2.75, 3.05) is 26.3 Å². The Bertz CT molecular complexity index is 742. The molecule has 9 heteroatoms. The van der Waals surface area contributed by atoms with Crippen molar-refractivity contribution in [1.82, 2.24) is 19.7 Å². The van der Waals surface area contributed by atoms with Gasteiger partial charge in [0.2, 0.25) is 12.2 Å². The van der Waals surface area contributed by atoms with Crippen LogP contribution in [0.2, 0.25) is 0 Å². The summed E-state index contributed by atoms with van der Waals surface area (Å²) in [6, 6.07) is 0. The van der Waals surface area contributed by atoms with Gasteiger partial charge in [-0.3, -0.25) is 4.79 Å². The number of hydrogen-bond donors (Lipinski definition) is 0. The average molecular weight is 361 g/mol. The van der Waals surface area contributed by atoms with Gasteiger partial charge in [0.15, 0.2) is 0 Å². The number of nitrogens with zero attached hydrogens (tertiary/aromatic N) is 5. The molecule has 1 saturated heterocycles. The van der Waals surface area contributed by atoms with Crippen LogP contribution in [0.3, 0.4) is 0 Å². The van der Waals surface area contributed by atoms with Gasteiger partial charge in [0.25, 0.3) is 0 Å². The maximum atomic E-state index is 13.5. The molecular formula is C17H23N5O4.